The molecule has 7 heteroatoms. The molecule has 6 nitrogen and oxygen atoms in total. The first-order valence-electron chi connectivity index (χ1n) is 5.15. The topological polar surface area (TPSA) is 83.0 Å². The van der Waals surface area contributed by atoms with E-state index < -0.39 is 0 Å². The molecule has 1 unspecified atom stereocenters. The third kappa shape index (κ3) is 2.19. The molecule has 1 aromatic rings. The molecule has 0 spiro atoms. The smallest absolute Gasteiger partial charge is 0.319 e. The minimum absolute atomic E-state index is 0.153. The van der Waals surface area contributed by atoms with Gasteiger partial charge in [-0.3, -0.25) is 4.79 Å². The number of carbonyl (C=O) groups is 1. The highest BCUT2D eigenvalue weighted by Gasteiger charge is 2.29. The molecular formula is C9H14N4O2S. The third-order valence-electron chi connectivity index (χ3n) is 2.39. The maximum Gasteiger partial charge on any atom is 0.319 e. The van der Waals surface area contributed by atoms with Crippen LogP contribution in [0, 0.1) is 6.92 Å². The Morgan fingerprint density at radius 1 is 1.62 bits per heavy atom. The molecule has 16 heavy (non-hydrogen) atoms. The highest BCUT2D eigenvalue weighted by molar-refractivity contribution is 8.00. The van der Waals surface area contributed by atoms with Crippen LogP contribution in [-0.4, -0.2) is 39.1 Å². The minimum Gasteiger partial charge on any atom is -0.465 e. The van der Waals surface area contributed by atoms with Gasteiger partial charge in [0.05, 0.1) is 6.61 Å². The van der Waals surface area contributed by atoms with E-state index in [1.165, 1.54) is 11.8 Å². The van der Waals surface area contributed by atoms with Gasteiger partial charge in [-0.05, 0) is 6.92 Å². The molecule has 0 aliphatic carbocycles. The van der Waals surface area contributed by atoms with Crippen molar-refractivity contribution >= 4 is 17.7 Å². The van der Waals surface area contributed by atoms with Gasteiger partial charge in [0.1, 0.15) is 11.1 Å². The number of esters is 1. The molecule has 1 aromatic heterocycles. The average molecular weight is 242 g/mol. The van der Waals surface area contributed by atoms with E-state index in [0.29, 0.717) is 19.7 Å². The number of nitrogens with two attached hydrogens (primary N) is 1. The van der Waals surface area contributed by atoms with Gasteiger partial charge in [0.2, 0.25) is 0 Å². The van der Waals surface area contributed by atoms with Gasteiger partial charge >= 0.3 is 5.97 Å². The molecule has 1 atom stereocenters. The summed E-state index contributed by atoms with van der Waals surface area (Å²) < 4.78 is 6.83. The molecule has 0 bridgehead atoms. The summed E-state index contributed by atoms with van der Waals surface area (Å²) in [6, 6.07) is 0. The van der Waals surface area contributed by atoms with Crippen molar-refractivity contribution in [1.82, 2.24) is 14.8 Å². The lowest BCUT2D eigenvalue weighted by molar-refractivity contribution is -0.137. The molecule has 1 aliphatic heterocycles. The van der Waals surface area contributed by atoms with Crippen LogP contribution in [0.2, 0.25) is 0 Å². The van der Waals surface area contributed by atoms with Crippen LogP contribution < -0.4 is 5.73 Å². The van der Waals surface area contributed by atoms with Gasteiger partial charge in [-0.2, -0.15) is 0 Å². The molecule has 2 rings (SSSR count). The first-order valence-corrected chi connectivity index (χ1v) is 6.03. The number of aromatic nitrogens is 3. The molecule has 0 radical (unpaired) electrons. The summed E-state index contributed by atoms with van der Waals surface area (Å²) in [5.41, 5.74) is 5.52. The zero-order chi connectivity index (χ0) is 11.5. The van der Waals surface area contributed by atoms with Gasteiger partial charge in [-0.1, -0.05) is 11.8 Å². The van der Waals surface area contributed by atoms with Crippen LogP contribution in [0.5, 0.6) is 0 Å². The number of aryl methyl sites for hydroxylation is 1. The summed E-state index contributed by atoms with van der Waals surface area (Å²) in [7, 11) is 0. The normalized spacial score (nSPS) is 20.1. The van der Waals surface area contributed by atoms with Gasteiger partial charge in [0.15, 0.2) is 5.16 Å². The Balaban J connectivity index is 2.11. The molecule has 88 valence electrons. The Labute approximate surface area is 97.5 Å². The van der Waals surface area contributed by atoms with Crippen molar-refractivity contribution in [2.45, 2.75) is 30.3 Å². The van der Waals surface area contributed by atoms with Crippen molar-refractivity contribution in [1.29, 1.82) is 0 Å². The molecule has 0 saturated carbocycles. The lowest BCUT2D eigenvalue weighted by Gasteiger charge is -2.08. The molecule has 0 amide bonds. The fourth-order valence-corrected chi connectivity index (χ4v) is 2.62. The van der Waals surface area contributed by atoms with Crippen LogP contribution in [0.15, 0.2) is 5.16 Å². The number of hydrogen-bond acceptors (Lipinski definition) is 6. The second-order valence-electron chi connectivity index (χ2n) is 3.53. The van der Waals surface area contributed by atoms with Crippen molar-refractivity contribution in [3.8, 4) is 0 Å². The highest BCUT2D eigenvalue weighted by Crippen LogP contribution is 2.28. The van der Waals surface area contributed by atoms with Crippen LogP contribution >= 0.6 is 11.8 Å². The average Bonchev–Trinajstić information content (AvgIpc) is 2.80. The summed E-state index contributed by atoms with van der Waals surface area (Å²) in [6.45, 7) is 3.57. The molecule has 0 aromatic carbocycles. The molecule has 1 saturated heterocycles. The van der Waals surface area contributed by atoms with Gasteiger partial charge in [-0.15, -0.1) is 10.2 Å². The van der Waals surface area contributed by atoms with E-state index in [2.05, 4.69) is 10.2 Å². The highest BCUT2D eigenvalue weighted by atomic mass is 32.2. The molecular weight excluding hydrogens is 228 g/mol. The summed E-state index contributed by atoms with van der Waals surface area (Å²) in [5, 5.41) is 8.62. The number of nitrogens with zero attached hydrogens (tertiary/aromatic N) is 3. The van der Waals surface area contributed by atoms with Crippen LogP contribution in [0.1, 0.15) is 12.2 Å². The van der Waals surface area contributed by atoms with Crippen molar-refractivity contribution in [2.75, 3.05) is 13.2 Å². The Hall–Kier alpha value is -1.08. The first kappa shape index (κ1) is 11.4. The van der Waals surface area contributed by atoms with Crippen LogP contribution in [-0.2, 0) is 16.1 Å². The van der Waals surface area contributed by atoms with E-state index >= 15 is 0 Å². The van der Waals surface area contributed by atoms with E-state index in [4.69, 9.17) is 10.5 Å². The molecule has 1 aliphatic rings. The number of cyclic esters (lactones) is 1. The quantitative estimate of drug-likeness (QED) is 0.745. The van der Waals surface area contributed by atoms with Gasteiger partial charge in [0, 0.05) is 19.5 Å². The molecule has 2 N–H and O–H groups in total. The number of hydrogen-bond donors (Lipinski definition) is 1. The lowest BCUT2D eigenvalue weighted by atomic mass is 10.4. The summed E-state index contributed by atoms with van der Waals surface area (Å²) in [4.78, 5) is 11.3. The van der Waals surface area contributed by atoms with Crippen molar-refractivity contribution in [3.63, 3.8) is 0 Å². The van der Waals surface area contributed by atoms with Gasteiger partial charge in [0.25, 0.3) is 0 Å². The zero-order valence-corrected chi connectivity index (χ0v) is 9.87. The van der Waals surface area contributed by atoms with Crippen LogP contribution in [0.4, 0.5) is 0 Å². The lowest BCUT2D eigenvalue weighted by Crippen LogP contribution is -2.15. The van der Waals surface area contributed by atoms with Crippen molar-refractivity contribution in [2.24, 2.45) is 5.73 Å². The largest absolute Gasteiger partial charge is 0.465 e. The van der Waals surface area contributed by atoms with Crippen molar-refractivity contribution < 1.29 is 9.53 Å². The Kier molecular flexibility index (Phi) is 3.45. The van der Waals surface area contributed by atoms with Gasteiger partial charge in [-0.25, -0.2) is 0 Å². The van der Waals surface area contributed by atoms with E-state index in [9.17, 15) is 4.79 Å². The molecule has 1 fully saturated rings. The van der Waals surface area contributed by atoms with E-state index in [1.807, 2.05) is 11.5 Å². The van der Waals surface area contributed by atoms with Gasteiger partial charge < -0.3 is 15.0 Å². The Bertz CT molecular complexity index is 393. The van der Waals surface area contributed by atoms with E-state index in [-0.39, 0.29) is 11.2 Å². The zero-order valence-electron chi connectivity index (χ0n) is 9.05. The monoisotopic (exact) mass is 242 g/mol. The number of carbonyl (C=O) groups excluding carboxylic acids is 1. The fraction of sp³-hybridized carbons (Fsp3) is 0.667. The standard InChI is InChI=1S/C9H14N4O2S/c1-6-11-12-9(13(6)4-3-10)16-7-2-5-15-8(7)14/h7H,2-5,10H2,1H3. The fourth-order valence-electron chi connectivity index (χ4n) is 1.55. The predicted molar refractivity (Wildman–Crippen MR) is 59.0 cm³/mol. The predicted octanol–water partition coefficient (Wildman–Crippen LogP) is -0.0472. The second-order valence-corrected chi connectivity index (χ2v) is 4.70. The van der Waals surface area contributed by atoms with Crippen LogP contribution in [0.25, 0.3) is 0 Å². The Morgan fingerprint density at radius 3 is 3.06 bits per heavy atom. The van der Waals surface area contributed by atoms with Crippen LogP contribution in [0.3, 0.4) is 0 Å². The summed E-state index contributed by atoms with van der Waals surface area (Å²) in [5.74, 6) is 0.657. The summed E-state index contributed by atoms with van der Waals surface area (Å²) >= 11 is 1.41. The number of rotatable bonds is 4. The Morgan fingerprint density at radius 2 is 2.44 bits per heavy atom. The van der Waals surface area contributed by atoms with E-state index in [1.54, 1.807) is 0 Å². The number of thioether (sulfide) groups is 1. The van der Waals surface area contributed by atoms with Crippen molar-refractivity contribution in [3.05, 3.63) is 5.82 Å². The number of ether oxygens (including phenoxy) is 1. The third-order valence-corrected chi connectivity index (χ3v) is 3.61. The maximum absolute atomic E-state index is 11.3. The van der Waals surface area contributed by atoms with E-state index in [0.717, 1.165) is 17.4 Å². The SMILES string of the molecule is Cc1nnc(SC2CCOC2=O)n1CCN. The maximum atomic E-state index is 11.3. The second kappa shape index (κ2) is 4.84. The first-order chi connectivity index (χ1) is 7.72. The molecule has 2 heterocycles. The summed E-state index contributed by atoms with van der Waals surface area (Å²) in [6.07, 6.45) is 0.734. The minimum atomic E-state index is -0.162.